The summed E-state index contributed by atoms with van der Waals surface area (Å²) in [5.74, 6) is -0.319. The fourth-order valence-corrected chi connectivity index (χ4v) is 3.89. The van der Waals surface area contributed by atoms with Gasteiger partial charge in [-0.3, -0.25) is 9.36 Å². The normalized spacial score (nSPS) is 32.7. The van der Waals surface area contributed by atoms with Crippen LogP contribution in [0.25, 0.3) is 0 Å². The number of carbonyl (C=O) groups is 1. The summed E-state index contributed by atoms with van der Waals surface area (Å²) in [4.78, 5) is 11.8. The van der Waals surface area contributed by atoms with E-state index in [0.717, 1.165) is 25.7 Å². The lowest BCUT2D eigenvalue weighted by Gasteiger charge is -2.38. The lowest BCUT2D eigenvalue weighted by atomic mass is 9.82. The molecule has 0 radical (unpaired) electrons. The second kappa shape index (κ2) is 6.31. The van der Waals surface area contributed by atoms with Crippen LogP contribution in [0.5, 0.6) is 0 Å². The van der Waals surface area contributed by atoms with E-state index in [1.54, 1.807) is 13.8 Å². The quantitative estimate of drug-likeness (QED) is 0.688. The van der Waals surface area contributed by atoms with E-state index in [-0.39, 0.29) is 11.3 Å². The van der Waals surface area contributed by atoms with Crippen LogP contribution in [-0.2, 0) is 18.4 Å². The number of unbranched alkanes of at least 4 members (excludes halogenated alkanes) is 1. The van der Waals surface area contributed by atoms with E-state index in [4.69, 9.17) is 9.05 Å². The largest absolute Gasteiger partial charge is 0.397 e. The Kier molecular flexibility index (Phi) is 5.57. The summed E-state index contributed by atoms with van der Waals surface area (Å²) in [7, 11) is -3.52. The number of hydrogen-bond acceptors (Lipinski definition) is 4. The molecule has 0 saturated carbocycles. The van der Waals surface area contributed by atoms with Crippen molar-refractivity contribution in [3.8, 4) is 0 Å². The molecular formula is C13H25O4P. The highest BCUT2D eigenvalue weighted by molar-refractivity contribution is 7.71. The fraction of sp³-hybridized carbons (Fsp3) is 0.923. The van der Waals surface area contributed by atoms with Crippen molar-refractivity contribution in [3.05, 3.63) is 0 Å². The van der Waals surface area contributed by atoms with Gasteiger partial charge in [-0.15, -0.1) is 0 Å². The van der Waals surface area contributed by atoms with Gasteiger partial charge in [0, 0.05) is 11.3 Å². The Bertz CT molecular complexity index is 326. The van der Waals surface area contributed by atoms with Gasteiger partial charge in [-0.2, -0.15) is 0 Å². The molecule has 1 aliphatic heterocycles. The Hall–Kier alpha value is -0.180. The fourth-order valence-electron chi connectivity index (χ4n) is 2.04. The van der Waals surface area contributed by atoms with Gasteiger partial charge in [0.25, 0.3) is 0 Å². The predicted octanol–water partition coefficient (Wildman–Crippen LogP) is 4.00. The molecule has 0 aromatic heterocycles. The molecule has 1 aliphatic rings. The smallest absolute Gasteiger partial charge is 0.303 e. The van der Waals surface area contributed by atoms with Crippen molar-refractivity contribution in [2.45, 2.75) is 53.4 Å². The van der Waals surface area contributed by atoms with Crippen LogP contribution in [0.2, 0.25) is 0 Å². The molecule has 4 nitrogen and oxygen atoms in total. The Balaban J connectivity index is 2.68. The summed E-state index contributed by atoms with van der Waals surface area (Å²) < 4.78 is 23.0. The van der Waals surface area contributed by atoms with Crippen LogP contribution in [0.3, 0.4) is 0 Å². The first-order valence-electron chi connectivity index (χ1n) is 6.82. The minimum absolute atomic E-state index is 0.0683. The van der Waals surface area contributed by atoms with Crippen LogP contribution in [0.1, 0.15) is 53.4 Å². The van der Waals surface area contributed by atoms with Gasteiger partial charge >= 0.3 is 7.60 Å². The van der Waals surface area contributed by atoms with Gasteiger partial charge in [0.05, 0.1) is 13.2 Å². The lowest BCUT2D eigenvalue weighted by Crippen LogP contribution is -2.36. The Morgan fingerprint density at radius 2 is 1.83 bits per heavy atom. The number of rotatable bonds is 6. The minimum atomic E-state index is -3.52. The van der Waals surface area contributed by atoms with Crippen molar-refractivity contribution >= 4 is 13.1 Å². The Morgan fingerprint density at radius 1 is 1.28 bits per heavy atom. The van der Waals surface area contributed by atoms with Crippen LogP contribution < -0.4 is 0 Å². The summed E-state index contributed by atoms with van der Waals surface area (Å²) in [6.45, 7) is 8.41. The molecule has 1 saturated heterocycles. The van der Waals surface area contributed by atoms with Crippen LogP contribution >= 0.6 is 7.60 Å². The van der Waals surface area contributed by atoms with Crippen molar-refractivity contribution in [1.29, 1.82) is 0 Å². The Morgan fingerprint density at radius 3 is 2.22 bits per heavy atom. The van der Waals surface area contributed by atoms with Crippen LogP contribution in [0, 0.1) is 11.3 Å². The SMILES string of the molecule is CCCCC1(CC)COP(=O)(C(=O)C(C)C)OC1. The predicted molar refractivity (Wildman–Crippen MR) is 71.6 cm³/mol. The molecule has 1 heterocycles. The molecule has 0 spiro atoms. The molecule has 0 amide bonds. The average molecular weight is 276 g/mol. The van der Waals surface area contributed by atoms with Crippen LogP contribution in [-0.4, -0.2) is 18.7 Å². The van der Waals surface area contributed by atoms with Crippen LogP contribution in [0.15, 0.2) is 0 Å². The van der Waals surface area contributed by atoms with E-state index in [1.807, 2.05) is 0 Å². The molecule has 0 aromatic rings. The van der Waals surface area contributed by atoms with Crippen molar-refractivity contribution in [2.24, 2.45) is 11.3 Å². The zero-order valence-corrected chi connectivity index (χ0v) is 12.8. The molecule has 0 unspecified atom stereocenters. The minimum Gasteiger partial charge on any atom is -0.303 e. The van der Waals surface area contributed by atoms with Gasteiger partial charge in [0.1, 0.15) is 0 Å². The third-order valence-electron chi connectivity index (χ3n) is 3.66. The maximum Gasteiger partial charge on any atom is 0.397 e. The van der Waals surface area contributed by atoms with Crippen molar-refractivity contribution in [3.63, 3.8) is 0 Å². The maximum atomic E-state index is 12.3. The summed E-state index contributed by atoms with van der Waals surface area (Å²) in [6, 6.07) is 0. The molecule has 5 heteroatoms. The first-order valence-corrected chi connectivity index (χ1v) is 8.37. The molecule has 18 heavy (non-hydrogen) atoms. The van der Waals surface area contributed by atoms with Crippen molar-refractivity contribution in [2.75, 3.05) is 13.2 Å². The zero-order valence-electron chi connectivity index (χ0n) is 11.9. The summed E-state index contributed by atoms with van der Waals surface area (Å²) in [6.07, 6.45) is 4.13. The van der Waals surface area contributed by atoms with E-state index in [0.29, 0.717) is 13.2 Å². The summed E-state index contributed by atoms with van der Waals surface area (Å²) in [5.41, 5.74) is -0.469. The van der Waals surface area contributed by atoms with Gasteiger partial charge < -0.3 is 9.05 Å². The monoisotopic (exact) mass is 276 g/mol. The highest BCUT2D eigenvalue weighted by Gasteiger charge is 2.45. The standard InChI is InChI=1S/C13H25O4P/c1-5-7-8-13(6-2)9-16-18(15,17-10-13)12(14)11(3)4/h11H,5-10H2,1-4H3. The van der Waals surface area contributed by atoms with Gasteiger partial charge in [0.2, 0.25) is 5.52 Å². The van der Waals surface area contributed by atoms with Gasteiger partial charge in [-0.1, -0.05) is 40.5 Å². The van der Waals surface area contributed by atoms with E-state index < -0.39 is 13.1 Å². The number of hydrogen-bond donors (Lipinski definition) is 0. The molecule has 1 rings (SSSR count). The maximum absolute atomic E-state index is 12.3. The highest BCUT2D eigenvalue weighted by Crippen LogP contribution is 2.57. The van der Waals surface area contributed by atoms with E-state index >= 15 is 0 Å². The second-order valence-electron chi connectivity index (χ2n) is 5.49. The summed E-state index contributed by atoms with van der Waals surface area (Å²) >= 11 is 0. The third-order valence-corrected chi connectivity index (χ3v) is 5.65. The van der Waals surface area contributed by atoms with E-state index in [2.05, 4.69) is 13.8 Å². The van der Waals surface area contributed by atoms with E-state index in [9.17, 15) is 9.36 Å². The molecule has 106 valence electrons. The van der Waals surface area contributed by atoms with Crippen molar-refractivity contribution in [1.82, 2.24) is 0 Å². The first-order chi connectivity index (χ1) is 8.39. The van der Waals surface area contributed by atoms with Crippen molar-refractivity contribution < 1.29 is 18.4 Å². The average Bonchev–Trinajstić information content (AvgIpc) is 2.38. The molecular weight excluding hydrogens is 251 g/mol. The molecule has 0 N–H and O–H groups in total. The first kappa shape index (κ1) is 15.9. The highest BCUT2D eigenvalue weighted by atomic mass is 31.2. The topological polar surface area (TPSA) is 52.6 Å². The van der Waals surface area contributed by atoms with Gasteiger partial charge in [-0.05, 0) is 12.8 Å². The van der Waals surface area contributed by atoms with Gasteiger partial charge in [-0.25, -0.2) is 0 Å². The van der Waals surface area contributed by atoms with E-state index in [1.165, 1.54) is 0 Å². The molecule has 0 aliphatic carbocycles. The lowest BCUT2D eigenvalue weighted by molar-refractivity contribution is -0.118. The van der Waals surface area contributed by atoms with Crippen LogP contribution in [0.4, 0.5) is 0 Å². The molecule has 0 atom stereocenters. The Labute approximate surface area is 110 Å². The second-order valence-corrected chi connectivity index (χ2v) is 7.45. The molecule has 0 aromatic carbocycles. The molecule has 1 fully saturated rings. The van der Waals surface area contributed by atoms with Gasteiger partial charge in [0.15, 0.2) is 0 Å². The third kappa shape index (κ3) is 3.43. The molecule has 0 bridgehead atoms. The summed E-state index contributed by atoms with van der Waals surface area (Å²) in [5, 5.41) is 0. The zero-order chi connectivity index (χ0) is 13.8. The number of carbonyl (C=O) groups excluding carboxylic acids is 1.